The third kappa shape index (κ3) is 1.55. The van der Waals surface area contributed by atoms with Gasteiger partial charge in [0, 0.05) is 6.42 Å². The zero-order valence-electron chi connectivity index (χ0n) is 6.51. The molecule has 5 nitrogen and oxygen atoms in total. The molecule has 0 saturated carbocycles. The molecule has 1 aromatic rings. The van der Waals surface area contributed by atoms with Crippen molar-refractivity contribution in [2.24, 2.45) is 0 Å². The second kappa shape index (κ2) is 3.25. The Morgan fingerprint density at radius 2 is 2.25 bits per heavy atom. The van der Waals surface area contributed by atoms with Crippen LogP contribution in [0.1, 0.15) is 6.42 Å². The molecule has 2 rings (SSSR count). The topological polar surface area (TPSA) is 49.2 Å². The lowest BCUT2D eigenvalue weighted by Gasteiger charge is -2.16. The summed E-state index contributed by atoms with van der Waals surface area (Å²) in [5.41, 5.74) is 0. The first-order valence-electron chi connectivity index (χ1n) is 3.78. The second-order valence-corrected chi connectivity index (χ2v) is 2.38. The number of aromatic nitrogens is 3. The van der Waals surface area contributed by atoms with Gasteiger partial charge in [0.2, 0.25) is 0 Å². The van der Waals surface area contributed by atoms with Gasteiger partial charge >= 0.3 is 0 Å². The first-order chi connectivity index (χ1) is 5.95. The zero-order chi connectivity index (χ0) is 8.23. The molecule has 0 radical (unpaired) electrons. The summed E-state index contributed by atoms with van der Waals surface area (Å²) in [4.78, 5) is 0. The highest BCUT2D eigenvalue weighted by Crippen LogP contribution is 2.08. The predicted octanol–water partition coefficient (Wildman–Crippen LogP) is 0.471. The average molecular weight is 167 g/mol. The van der Waals surface area contributed by atoms with Crippen molar-refractivity contribution in [2.75, 3.05) is 13.2 Å². The summed E-state index contributed by atoms with van der Waals surface area (Å²) >= 11 is 0. The van der Waals surface area contributed by atoms with Crippen LogP contribution in [0, 0.1) is 0 Å². The molecule has 5 heteroatoms. The number of rotatable bonds is 1. The Balaban J connectivity index is 2.07. The van der Waals surface area contributed by atoms with Gasteiger partial charge in [0.25, 0.3) is 5.95 Å². The molecule has 0 aromatic carbocycles. The fourth-order valence-electron chi connectivity index (χ4n) is 0.915. The average Bonchev–Trinajstić information content (AvgIpc) is 2.59. The van der Waals surface area contributed by atoms with Crippen LogP contribution in [0.2, 0.25) is 0 Å². The van der Waals surface area contributed by atoms with E-state index in [9.17, 15) is 0 Å². The van der Waals surface area contributed by atoms with Crippen LogP contribution in [-0.4, -0.2) is 28.2 Å². The van der Waals surface area contributed by atoms with Gasteiger partial charge < -0.3 is 9.47 Å². The minimum Gasteiger partial charge on any atom is -0.464 e. The first-order valence-corrected chi connectivity index (χ1v) is 3.78. The Morgan fingerprint density at radius 3 is 2.92 bits per heavy atom. The van der Waals surface area contributed by atoms with Gasteiger partial charge in [0.15, 0.2) is 0 Å². The normalized spacial score (nSPS) is 16.5. The summed E-state index contributed by atoms with van der Waals surface area (Å²) in [7, 11) is 0. The fourth-order valence-corrected chi connectivity index (χ4v) is 0.915. The van der Waals surface area contributed by atoms with E-state index in [0.29, 0.717) is 19.2 Å². The lowest BCUT2D eigenvalue weighted by atomic mass is 10.5. The second-order valence-electron chi connectivity index (χ2n) is 2.38. The van der Waals surface area contributed by atoms with Crippen LogP contribution < -0.4 is 0 Å². The molecule has 1 saturated heterocycles. The maximum atomic E-state index is 5.20. The van der Waals surface area contributed by atoms with E-state index < -0.39 is 0 Å². The minimum atomic E-state index is 0.506. The molecule has 64 valence electrons. The monoisotopic (exact) mass is 167 g/mol. The Hall–Kier alpha value is -1.52. The quantitative estimate of drug-likeness (QED) is 0.610. The molecule has 0 bridgehead atoms. The van der Waals surface area contributed by atoms with Crippen LogP contribution in [0.5, 0.6) is 0 Å². The van der Waals surface area contributed by atoms with Crippen molar-refractivity contribution >= 4 is 6.20 Å². The van der Waals surface area contributed by atoms with Crippen molar-refractivity contribution < 1.29 is 9.47 Å². The molecule has 0 atom stereocenters. The maximum absolute atomic E-state index is 5.20. The largest absolute Gasteiger partial charge is 0.464 e. The van der Waals surface area contributed by atoms with E-state index in [1.165, 1.54) is 0 Å². The predicted molar refractivity (Wildman–Crippen MR) is 40.8 cm³/mol. The number of nitrogens with zero attached hydrogens (tertiary/aromatic N) is 3. The molecule has 1 aromatic heterocycles. The number of ether oxygens (including phenoxy) is 2. The van der Waals surface area contributed by atoms with Crippen molar-refractivity contribution in [3.63, 3.8) is 0 Å². The third-order valence-electron chi connectivity index (χ3n) is 1.46. The van der Waals surface area contributed by atoms with Crippen molar-refractivity contribution in [3.05, 3.63) is 18.3 Å². The van der Waals surface area contributed by atoms with E-state index in [0.717, 1.165) is 6.42 Å². The molecule has 0 amide bonds. The summed E-state index contributed by atoms with van der Waals surface area (Å²) in [5, 5.41) is 7.39. The van der Waals surface area contributed by atoms with Gasteiger partial charge in [-0.2, -0.15) is 0 Å². The third-order valence-corrected chi connectivity index (χ3v) is 1.46. The first kappa shape index (κ1) is 7.15. The van der Waals surface area contributed by atoms with E-state index >= 15 is 0 Å². The Labute approximate surface area is 69.6 Å². The molecule has 0 unspecified atom stereocenters. The zero-order valence-corrected chi connectivity index (χ0v) is 6.51. The van der Waals surface area contributed by atoms with Crippen LogP contribution in [0.4, 0.5) is 0 Å². The van der Waals surface area contributed by atoms with Crippen LogP contribution in [0.15, 0.2) is 18.3 Å². The summed E-state index contributed by atoms with van der Waals surface area (Å²) in [5.74, 6) is 0.506. The Bertz CT molecular complexity index is 260. The van der Waals surface area contributed by atoms with E-state index in [2.05, 4.69) is 10.3 Å². The minimum absolute atomic E-state index is 0.506. The van der Waals surface area contributed by atoms with Gasteiger partial charge in [0.1, 0.15) is 6.20 Å². The molecule has 1 aliphatic rings. The highest BCUT2D eigenvalue weighted by Gasteiger charge is 2.06. The molecule has 1 fully saturated rings. The molecular weight excluding hydrogens is 158 g/mol. The summed E-state index contributed by atoms with van der Waals surface area (Å²) in [6, 6.07) is 0. The molecule has 12 heavy (non-hydrogen) atoms. The summed E-state index contributed by atoms with van der Waals surface area (Å²) < 4.78 is 11.9. The van der Waals surface area contributed by atoms with Gasteiger partial charge in [-0.1, -0.05) is 5.21 Å². The van der Waals surface area contributed by atoms with Crippen molar-refractivity contribution in [2.45, 2.75) is 6.42 Å². The lowest BCUT2D eigenvalue weighted by Crippen LogP contribution is -2.11. The van der Waals surface area contributed by atoms with Gasteiger partial charge in [-0.15, -0.1) is 5.10 Å². The number of hydrogen-bond donors (Lipinski definition) is 0. The highest BCUT2D eigenvalue weighted by molar-refractivity contribution is 5.20. The van der Waals surface area contributed by atoms with Crippen LogP contribution in [0.25, 0.3) is 6.20 Å². The Kier molecular flexibility index (Phi) is 1.94. The van der Waals surface area contributed by atoms with Crippen molar-refractivity contribution in [3.8, 4) is 0 Å². The van der Waals surface area contributed by atoms with Crippen molar-refractivity contribution in [1.29, 1.82) is 0 Å². The van der Waals surface area contributed by atoms with Gasteiger partial charge in [-0.05, 0) is 0 Å². The molecule has 0 aliphatic carbocycles. The SMILES string of the molecule is C(=C1OCCCO1)n1ccnn1. The summed E-state index contributed by atoms with van der Waals surface area (Å²) in [6.45, 7) is 1.42. The van der Waals surface area contributed by atoms with Gasteiger partial charge in [-0.3, -0.25) is 0 Å². The maximum Gasteiger partial charge on any atom is 0.298 e. The molecular formula is C7H9N3O2. The van der Waals surface area contributed by atoms with Crippen LogP contribution >= 0.6 is 0 Å². The van der Waals surface area contributed by atoms with Crippen molar-refractivity contribution in [1.82, 2.24) is 15.0 Å². The molecule has 0 N–H and O–H groups in total. The summed E-state index contributed by atoms with van der Waals surface area (Å²) in [6.07, 6.45) is 5.91. The fraction of sp³-hybridized carbons (Fsp3) is 0.429. The van der Waals surface area contributed by atoms with E-state index in [1.54, 1.807) is 23.3 Å². The standard InChI is InChI=1S/C7H9N3O2/c1-4-11-7(12-5-1)6-10-3-2-8-9-10/h2-3,6H,1,4-5H2. The van der Waals surface area contributed by atoms with Crippen LogP contribution in [-0.2, 0) is 9.47 Å². The van der Waals surface area contributed by atoms with E-state index in [4.69, 9.17) is 9.47 Å². The van der Waals surface area contributed by atoms with E-state index in [1.807, 2.05) is 0 Å². The molecule has 1 aliphatic heterocycles. The Morgan fingerprint density at radius 1 is 1.42 bits per heavy atom. The molecule has 2 heterocycles. The lowest BCUT2D eigenvalue weighted by molar-refractivity contribution is -0.0114. The van der Waals surface area contributed by atoms with E-state index in [-0.39, 0.29) is 0 Å². The van der Waals surface area contributed by atoms with Crippen LogP contribution in [0.3, 0.4) is 0 Å². The van der Waals surface area contributed by atoms with Gasteiger partial charge in [-0.25, -0.2) is 4.68 Å². The highest BCUT2D eigenvalue weighted by atomic mass is 16.7. The number of hydrogen-bond acceptors (Lipinski definition) is 4. The van der Waals surface area contributed by atoms with Gasteiger partial charge in [0.05, 0.1) is 25.6 Å². The smallest absolute Gasteiger partial charge is 0.298 e. The molecule has 0 spiro atoms.